The van der Waals surface area contributed by atoms with Gasteiger partial charge in [-0.1, -0.05) is 24.3 Å². The fraction of sp³-hybridized carbons (Fsp3) is 0.579. The summed E-state index contributed by atoms with van der Waals surface area (Å²) in [7, 11) is 3.83. The van der Waals surface area contributed by atoms with Gasteiger partial charge in [0.15, 0.2) is 0 Å². The van der Waals surface area contributed by atoms with Gasteiger partial charge in [-0.15, -0.1) is 0 Å². The fourth-order valence-corrected chi connectivity index (χ4v) is 3.09. The molecular weight excluding hydrogens is 316 g/mol. The SMILES string of the molecule is CN1CCN(CC(O)CN(C)C(=O)Cc2ccccc2CC#N)CC1. The van der Waals surface area contributed by atoms with E-state index in [1.54, 1.807) is 11.9 Å². The van der Waals surface area contributed by atoms with Crippen molar-refractivity contribution in [1.82, 2.24) is 14.7 Å². The molecule has 1 aromatic carbocycles. The maximum Gasteiger partial charge on any atom is 0.226 e. The maximum atomic E-state index is 12.5. The van der Waals surface area contributed by atoms with E-state index in [1.807, 2.05) is 24.3 Å². The van der Waals surface area contributed by atoms with Crippen molar-refractivity contribution in [3.8, 4) is 6.07 Å². The lowest BCUT2D eigenvalue weighted by molar-refractivity contribution is -0.130. The Hall–Kier alpha value is -1.94. The molecule has 6 heteroatoms. The summed E-state index contributed by atoms with van der Waals surface area (Å²) in [5, 5.41) is 19.2. The number of amides is 1. The van der Waals surface area contributed by atoms with Gasteiger partial charge in [0.25, 0.3) is 0 Å². The van der Waals surface area contributed by atoms with E-state index in [9.17, 15) is 9.90 Å². The standard InChI is InChI=1S/C19H28N4O2/c1-21-9-11-23(12-10-21)15-18(24)14-22(2)19(25)13-17-6-4-3-5-16(17)7-8-20/h3-6,18,24H,7,9-15H2,1-2H3. The predicted octanol–water partition coefficient (Wildman–Crippen LogP) is 0.362. The highest BCUT2D eigenvalue weighted by atomic mass is 16.3. The molecule has 1 amide bonds. The van der Waals surface area contributed by atoms with Crippen LogP contribution < -0.4 is 0 Å². The van der Waals surface area contributed by atoms with Gasteiger partial charge in [0.2, 0.25) is 5.91 Å². The number of β-amino-alcohol motifs (C(OH)–C–C–N with tert-alkyl or cyclic N) is 1. The van der Waals surface area contributed by atoms with Gasteiger partial charge in [0, 0.05) is 46.3 Å². The number of benzene rings is 1. The third kappa shape index (κ3) is 6.13. The molecule has 1 fully saturated rings. The smallest absolute Gasteiger partial charge is 0.226 e. The number of nitriles is 1. The quantitative estimate of drug-likeness (QED) is 0.773. The summed E-state index contributed by atoms with van der Waals surface area (Å²) in [6, 6.07) is 9.66. The van der Waals surface area contributed by atoms with Crippen molar-refractivity contribution in [2.45, 2.75) is 18.9 Å². The molecule has 0 bridgehead atoms. The van der Waals surface area contributed by atoms with Crippen LogP contribution in [0.2, 0.25) is 0 Å². The molecule has 0 spiro atoms. The van der Waals surface area contributed by atoms with E-state index in [2.05, 4.69) is 22.9 Å². The van der Waals surface area contributed by atoms with Crippen molar-refractivity contribution in [1.29, 1.82) is 5.26 Å². The van der Waals surface area contributed by atoms with Gasteiger partial charge in [0.1, 0.15) is 0 Å². The Morgan fingerprint density at radius 1 is 1.28 bits per heavy atom. The number of nitrogens with zero attached hydrogens (tertiary/aromatic N) is 4. The summed E-state index contributed by atoms with van der Waals surface area (Å²) in [4.78, 5) is 18.6. The minimum Gasteiger partial charge on any atom is -0.390 e. The van der Waals surface area contributed by atoms with Crippen molar-refractivity contribution in [2.75, 3.05) is 53.4 Å². The van der Waals surface area contributed by atoms with Crippen LogP contribution in [0.4, 0.5) is 0 Å². The summed E-state index contributed by atoms with van der Waals surface area (Å²) < 4.78 is 0. The van der Waals surface area contributed by atoms with E-state index >= 15 is 0 Å². The second-order valence-electron chi connectivity index (χ2n) is 6.81. The number of carbonyl (C=O) groups excluding carboxylic acids is 1. The maximum absolute atomic E-state index is 12.5. The lowest BCUT2D eigenvalue weighted by atomic mass is 10.0. The van der Waals surface area contributed by atoms with Crippen LogP contribution in [0.25, 0.3) is 0 Å². The van der Waals surface area contributed by atoms with E-state index in [-0.39, 0.29) is 12.3 Å². The summed E-state index contributed by atoms with van der Waals surface area (Å²) in [5.41, 5.74) is 1.78. The number of hydrogen-bond donors (Lipinski definition) is 1. The molecule has 6 nitrogen and oxygen atoms in total. The van der Waals surface area contributed by atoms with Crippen molar-refractivity contribution < 1.29 is 9.90 Å². The third-order valence-corrected chi connectivity index (χ3v) is 4.70. The number of rotatable bonds is 7. The van der Waals surface area contributed by atoms with Crippen LogP contribution >= 0.6 is 0 Å². The molecule has 0 saturated carbocycles. The minimum atomic E-state index is -0.549. The van der Waals surface area contributed by atoms with E-state index < -0.39 is 6.10 Å². The van der Waals surface area contributed by atoms with Crippen LogP contribution in [0, 0.1) is 11.3 Å². The molecule has 1 aliphatic heterocycles. The predicted molar refractivity (Wildman–Crippen MR) is 97.0 cm³/mol. The van der Waals surface area contributed by atoms with Crippen molar-refractivity contribution in [2.24, 2.45) is 0 Å². The molecule has 1 N–H and O–H groups in total. The molecular formula is C19H28N4O2. The Morgan fingerprint density at radius 2 is 1.92 bits per heavy atom. The third-order valence-electron chi connectivity index (χ3n) is 4.70. The Labute approximate surface area is 150 Å². The molecule has 0 radical (unpaired) electrons. The lowest BCUT2D eigenvalue weighted by Crippen LogP contribution is -2.49. The van der Waals surface area contributed by atoms with Gasteiger partial charge in [-0.2, -0.15) is 5.26 Å². The van der Waals surface area contributed by atoms with E-state index in [1.165, 1.54) is 0 Å². The van der Waals surface area contributed by atoms with E-state index in [4.69, 9.17) is 5.26 Å². The lowest BCUT2D eigenvalue weighted by Gasteiger charge is -2.34. The summed E-state index contributed by atoms with van der Waals surface area (Å²) in [5.74, 6) is -0.0391. The summed E-state index contributed by atoms with van der Waals surface area (Å²) >= 11 is 0. The van der Waals surface area contributed by atoms with Crippen molar-refractivity contribution >= 4 is 5.91 Å². The molecule has 1 atom stereocenters. The Bertz CT molecular complexity index is 606. The van der Waals surface area contributed by atoms with Crippen LogP contribution in [0.5, 0.6) is 0 Å². The molecule has 1 aliphatic rings. The summed E-state index contributed by atoms with van der Waals surface area (Å²) in [6.07, 6.45) is 0.0149. The van der Waals surface area contributed by atoms with Gasteiger partial charge in [-0.05, 0) is 18.2 Å². The normalized spacial score (nSPS) is 17.0. The molecule has 0 aliphatic carbocycles. The molecule has 25 heavy (non-hydrogen) atoms. The summed E-state index contributed by atoms with van der Waals surface area (Å²) in [6.45, 7) is 4.84. The van der Waals surface area contributed by atoms with Gasteiger partial charge >= 0.3 is 0 Å². The van der Waals surface area contributed by atoms with E-state index in [0.29, 0.717) is 19.5 Å². The first-order chi connectivity index (χ1) is 12.0. The number of aliphatic hydroxyl groups is 1. The molecule has 136 valence electrons. The molecule has 1 aromatic rings. The number of carbonyl (C=O) groups is 1. The van der Waals surface area contributed by atoms with Crippen LogP contribution in [-0.2, 0) is 17.6 Å². The zero-order valence-electron chi connectivity index (χ0n) is 15.2. The molecule has 0 aromatic heterocycles. The number of piperazine rings is 1. The zero-order chi connectivity index (χ0) is 18.2. The van der Waals surface area contributed by atoms with Crippen LogP contribution in [0.15, 0.2) is 24.3 Å². The first kappa shape index (κ1) is 19.4. The van der Waals surface area contributed by atoms with Crippen molar-refractivity contribution in [3.05, 3.63) is 35.4 Å². The second-order valence-corrected chi connectivity index (χ2v) is 6.81. The Kier molecular flexibility index (Phi) is 7.38. The number of likely N-dealkylation sites (N-methyl/N-ethyl adjacent to an activating group) is 2. The molecule has 1 heterocycles. The Morgan fingerprint density at radius 3 is 2.56 bits per heavy atom. The average Bonchev–Trinajstić information content (AvgIpc) is 2.58. The Balaban J connectivity index is 1.82. The molecule has 1 saturated heterocycles. The highest BCUT2D eigenvalue weighted by Crippen LogP contribution is 2.11. The minimum absolute atomic E-state index is 0.0391. The molecule has 2 rings (SSSR count). The van der Waals surface area contributed by atoms with Gasteiger partial charge in [0.05, 0.1) is 25.0 Å². The van der Waals surface area contributed by atoms with Crippen LogP contribution in [0.3, 0.4) is 0 Å². The topological polar surface area (TPSA) is 70.8 Å². The van der Waals surface area contributed by atoms with Gasteiger partial charge in [-0.25, -0.2) is 0 Å². The first-order valence-corrected chi connectivity index (χ1v) is 8.76. The fourth-order valence-electron chi connectivity index (χ4n) is 3.09. The van der Waals surface area contributed by atoms with Crippen LogP contribution in [-0.4, -0.2) is 85.2 Å². The van der Waals surface area contributed by atoms with Gasteiger partial charge in [-0.3, -0.25) is 9.69 Å². The first-order valence-electron chi connectivity index (χ1n) is 8.76. The second kappa shape index (κ2) is 9.52. The number of hydrogen-bond acceptors (Lipinski definition) is 5. The molecule has 1 unspecified atom stereocenters. The average molecular weight is 344 g/mol. The highest BCUT2D eigenvalue weighted by Gasteiger charge is 2.20. The number of aliphatic hydroxyl groups excluding tert-OH is 1. The highest BCUT2D eigenvalue weighted by molar-refractivity contribution is 5.79. The van der Waals surface area contributed by atoms with Gasteiger partial charge < -0.3 is 14.9 Å². The van der Waals surface area contributed by atoms with Crippen molar-refractivity contribution in [3.63, 3.8) is 0 Å². The monoisotopic (exact) mass is 344 g/mol. The zero-order valence-corrected chi connectivity index (χ0v) is 15.2. The van der Waals surface area contributed by atoms with E-state index in [0.717, 1.165) is 37.3 Å². The van der Waals surface area contributed by atoms with Crippen LogP contribution in [0.1, 0.15) is 11.1 Å². The largest absolute Gasteiger partial charge is 0.390 e.